The lowest BCUT2D eigenvalue weighted by Gasteiger charge is -2.33. The summed E-state index contributed by atoms with van der Waals surface area (Å²) in [6.45, 7) is 9.03. The molecule has 0 fully saturated rings. The molecule has 0 aliphatic heterocycles. The van der Waals surface area contributed by atoms with Gasteiger partial charge in [-0.25, -0.2) is 4.42 Å². The molecule has 0 N–H and O–H groups in total. The molecule has 0 atom stereocenters. The van der Waals surface area contributed by atoms with Crippen LogP contribution in [0.15, 0.2) is 0 Å². The minimum Gasteiger partial charge on any atom is -0.329 e. The minimum atomic E-state index is 0.106. The van der Waals surface area contributed by atoms with Crippen molar-refractivity contribution in [3.8, 4) is 0 Å². The minimum absolute atomic E-state index is 0.106. The Kier molecular flexibility index (Phi) is 5.42. The molecule has 0 aliphatic rings. The summed E-state index contributed by atoms with van der Waals surface area (Å²) in [7, 11) is 6.48. The van der Waals surface area contributed by atoms with Crippen molar-refractivity contribution in [2.75, 3.05) is 34.2 Å². The summed E-state index contributed by atoms with van der Waals surface area (Å²) in [5.74, 6) is 0. The second-order valence-corrected chi connectivity index (χ2v) is 5.88. The predicted octanol–water partition coefficient (Wildman–Crippen LogP) is 2.73. The molecule has 0 amide bonds. The molecule has 0 aromatic heterocycles. The zero-order valence-electron chi connectivity index (χ0n) is 10.6. The zero-order chi connectivity index (χ0) is 11.4. The molecule has 2 nitrogen and oxygen atoms in total. The Labute approximate surface area is 94.5 Å². The number of hydrogen-bond acceptors (Lipinski definition) is 1. The van der Waals surface area contributed by atoms with Crippen LogP contribution in [0.3, 0.4) is 0 Å². The van der Waals surface area contributed by atoms with Crippen LogP contribution in [0.25, 0.3) is 0 Å². The predicted molar refractivity (Wildman–Crippen MR) is 64.4 cm³/mol. The molecule has 0 saturated carbocycles. The van der Waals surface area contributed by atoms with Crippen molar-refractivity contribution in [3.63, 3.8) is 0 Å². The van der Waals surface area contributed by atoms with Gasteiger partial charge in [-0.2, -0.15) is 0 Å². The zero-order valence-corrected chi connectivity index (χ0v) is 11.4. The Hall–Kier alpha value is 0.210. The largest absolute Gasteiger partial charge is 0.329 e. The molecule has 0 aliphatic carbocycles. The molecule has 0 spiro atoms. The van der Waals surface area contributed by atoms with Crippen molar-refractivity contribution >= 4 is 11.8 Å². The van der Waals surface area contributed by atoms with Crippen LogP contribution in [0.4, 0.5) is 0 Å². The van der Waals surface area contributed by atoms with Gasteiger partial charge in [-0.05, 0) is 45.4 Å². The van der Waals surface area contributed by atoms with Gasteiger partial charge in [-0.3, -0.25) is 0 Å². The van der Waals surface area contributed by atoms with E-state index in [-0.39, 0.29) is 5.54 Å². The third-order valence-corrected chi connectivity index (χ3v) is 3.70. The molecular weight excluding hydrogens is 196 g/mol. The van der Waals surface area contributed by atoms with Crippen molar-refractivity contribution in [2.45, 2.75) is 39.2 Å². The Bertz CT molecular complexity index is 165. The topological polar surface area (TPSA) is 3.24 Å². The molecular formula is C11H26ClN2+. The van der Waals surface area contributed by atoms with Gasteiger partial charge in [0.1, 0.15) is 0 Å². The van der Waals surface area contributed by atoms with Gasteiger partial charge in [0.25, 0.3) is 0 Å². The maximum absolute atomic E-state index is 5.98. The third kappa shape index (κ3) is 5.18. The second-order valence-electron chi connectivity index (χ2n) is 5.37. The Morgan fingerprint density at radius 1 is 1.29 bits per heavy atom. The number of quaternary nitrogens is 1. The molecule has 0 aromatic carbocycles. The molecule has 86 valence electrons. The molecule has 0 aromatic rings. The second kappa shape index (κ2) is 5.34. The summed E-state index contributed by atoms with van der Waals surface area (Å²) in [4.78, 5) is 0. The first kappa shape index (κ1) is 14.2. The van der Waals surface area contributed by atoms with Crippen LogP contribution in [0.5, 0.6) is 0 Å². The first-order valence-corrected chi connectivity index (χ1v) is 5.77. The van der Waals surface area contributed by atoms with Gasteiger partial charge in [0.15, 0.2) is 0 Å². The van der Waals surface area contributed by atoms with E-state index in [1.165, 1.54) is 19.5 Å². The highest BCUT2D eigenvalue weighted by Crippen LogP contribution is 2.21. The van der Waals surface area contributed by atoms with Crippen molar-refractivity contribution in [1.29, 1.82) is 0 Å². The van der Waals surface area contributed by atoms with Crippen molar-refractivity contribution in [3.05, 3.63) is 0 Å². The maximum Gasteiger partial charge on any atom is 0.0783 e. The summed E-state index contributed by atoms with van der Waals surface area (Å²) in [6, 6.07) is 0. The summed E-state index contributed by atoms with van der Waals surface area (Å²) in [5.41, 5.74) is 0.106. The highest BCUT2D eigenvalue weighted by atomic mass is 35.5. The lowest BCUT2D eigenvalue weighted by Crippen LogP contribution is -2.42. The van der Waals surface area contributed by atoms with E-state index < -0.39 is 0 Å². The van der Waals surface area contributed by atoms with Crippen LogP contribution in [0.2, 0.25) is 0 Å². The highest BCUT2D eigenvalue weighted by molar-refractivity contribution is 6.13. The van der Waals surface area contributed by atoms with Gasteiger partial charge in [-0.1, -0.05) is 0 Å². The van der Waals surface area contributed by atoms with Gasteiger partial charge in [0.05, 0.1) is 27.2 Å². The number of rotatable bonds is 6. The van der Waals surface area contributed by atoms with E-state index >= 15 is 0 Å². The maximum atomic E-state index is 5.98. The molecule has 0 rings (SSSR count). The van der Waals surface area contributed by atoms with Crippen molar-refractivity contribution in [2.24, 2.45) is 0 Å². The Morgan fingerprint density at radius 2 is 1.79 bits per heavy atom. The van der Waals surface area contributed by atoms with E-state index in [0.29, 0.717) is 0 Å². The summed E-state index contributed by atoms with van der Waals surface area (Å²) in [5, 5.41) is 0. The van der Waals surface area contributed by atoms with E-state index in [2.05, 4.69) is 34.9 Å². The standard InChI is InChI=1S/C11H26ClN2/c1-7-14(5,6)10-8-9-11(2,3)13(4)12/h7-10H2,1-6H3/q+1. The molecule has 0 bridgehead atoms. The average molecular weight is 222 g/mol. The SMILES string of the molecule is CC[N+](C)(C)CCCC(C)(C)N(C)Cl. The van der Waals surface area contributed by atoms with E-state index in [9.17, 15) is 0 Å². The summed E-state index contributed by atoms with van der Waals surface area (Å²) < 4.78 is 2.89. The van der Waals surface area contributed by atoms with Gasteiger partial charge in [-0.15, -0.1) is 0 Å². The quantitative estimate of drug-likeness (QED) is 0.493. The first-order valence-electron chi connectivity index (χ1n) is 5.43. The number of halogens is 1. The van der Waals surface area contributed by atoms with Crippen LogP contribution in [0, 0.1) is 0 Å². The summed E-state index contributed by atoms with van der Waals surface area (Å²) in [6.07, 6.45) is 2.37. The lowest BCUT2D eigenvalue weighted by atomic mass is 9.98. The molecule has 0 radical (unpaired) electrons. The van der Waals surface area contributed by atoms with Crippen LogP contribution < -0.4 is 0 Å². The lowest BCUT2D eigenvalue weighted by molar-refractivity contribution is -0.888. The van der Waals surface area contributed by atoms with E-state index in [1.807, 2.05) is 7.05 Å². The number of nitrogens with zero attached hydrogens (tertiary/aromatic N) is 2. The first-order chi connectivity index (χ1) is 6.21. The van der Waals surface area contributed by atoms with E-state index in [1.54, 1.807) is 4.42 Å². The fourth-order valence-electron chi connectivity index (χ4n) is 1.25. The van der Waals surface area contributed by atoms with Crippen molar-refractivity contribution in [1.82, 2.24) is 4.42 Å². The Balaban J connectivity index is 3.85. The fourth-order valence-corrected chi connectivity index (χ4v) is 1.34. The number of hydrogen-bond donors (Lipinski definition) is 0. The van der Waals surface area contributed by atoms with Gasteiger partial charge in [0.2, 0.25) is 0 Å². The van der Waals surface area contributed by atoms with Crippen molar-refractivity contribution < 1.29 is 4.48 Å². The molecule has 14 heavy (non-hydrogen) atoms. The highest BCUT2D eigenvalue weighted by Gasteiger charge is 2.23. The molecule has 0 saturated heterocycles. The Morgan fingerprint density at radius 3 is 2.14 bits per heavy atom. The molecule has 0 heterocycles. The average Bonchev–Trinajstić information content (AvgIpc) is 2.03. The van der Waals surface area contributed by atoms with Gasteiger partial charge < -0.3 is 4.48 Å². The molecule has 0 unspecified atom stereocenters. The van der Waals surface area contributed by atoms with Gasteiger partial charge >= 0.3 is 0 Å². The van der Waals surface area contributed by atoms with Crippen LogP contribution in [0.1, 0.15) is 33.6 Å². The van der Waals surface area contributed by atoms with Crippen LogP contribution >= 0.6 is 11.8 Å². The van der Waals surface area contributed by atoms with Crippen LogP contribution in [-0.2, 0) is 0 Å². The van der Waals surface area contributed by atoms with E-state index in [0.717, 1.165) is 10.9 Å². The monoisotopic (exact) mass is 221 g/mol. The van der Waals surface area contributed by atoms with Gasteiger partial charge in [0, 0.05) is 12.6 Å². The fraction of sp³-hybridized carbons (Fsp3) is 1.00. The molecule has 3 heteroatoms. The smallest absolute Gasteiger partial charge is 0.0783 e. The normalized spacial score (nSPS) is 13.7. The third-order valence-electron chi connectivity index (χ3n) is 3.24. The van der Waals surface area contributed by atoms with E-state index in [4.69, 9.17) is 11.8 Å². The van der Waals surface area contributed by atoms with Crippen LogP contribution in [-0.4, -0.2) is 48.7 Å². The summed E-state index contributed by atoms with van der Waals surface area (Å²) >= 11 is 5.98.